The Morgan fingerprint density at radius 2 is 1.79 bits per heavy atom. The molecule has 5 rings (SSSR count). The third-order valence-corrected chi connectivity index (χ3v) is 6.16. The van der Waals surface area contributed by atoms with E-state index < -0.39 is 0 Å². The maximum Gasteiger partial charge on any atom is 0.253 e. The largest absolute Gasteiger partial charge is 0.339 e. The summed E-state index contributed by atoms with van der Waals surface area (Å²) in [5.74, 6) is 0.0929. The van der Waals surface area contributed by atoms with E-state index in [2.05, 4.69) is 16.0 Å². The highest BCUT2D eigenvalue weighted by Crippen LogP contribution is 2.28. The minimum atomic E-state index is 0.0929. The van der Waals surface area contributed by atoms with Crippen molar-refractivity contribution in [1.82, 2.24) is 19.9 Å². The zero-order valence-electron chi connectivity index (χ0n) is 15.7. The third kappa shape index (κ3) is 3.14. The van der Waals surface area contributed by atoms with Gasteiger partial charge in [0.1, 0.15) is 0 Å². The Hall–Kier alpha value is -2.86. The number of nitrogens with zero attached hydrogens (tertiary/aromatic N) is 4. The van der Waals surface area contributed by atoms with Gasteiger partial charge in [0.15, 0.2) is 0 Å². The van der Waals surface area contributed by atoms with E-state index in [0.717, 1.165) is 63.4 Å². The van der Waals surface area contributed by atoms with Gasteiger partial charge in [0.2, 0.25) is 0 Å². The number of rotatable bonds is 2. The predicted octanol–water partition coefficient (Wildman–Crippen LogP) is 4.84. The summed E-state index contributed by atoms with van der Waals surface area (Å²) in [5, 5.41) is 1.05. The molecule has 0 unspecified atom stereocenters. The molecule has 140 valence electrons. The van der Waals surface area contributed by atoms with Crippen LogP contribution in [0, 0.1) is 6.92 Å². The van der Waals surface area contributed by atoms with E-state index in [-0.39, 0.29) is 5.91 Å². The average Bonchev–Trinajstić information content (AvgIpc) is 3.12. The second-order valence-electron chi connectivity index (χ2n) is 7.23. The summed E-state index contributed by atoms with van der Waals surface area (Å²) in [6, 6.07) is 11.8. The second kappa shape index (κ2) is 6.95. The molecule has 0 spiro atoms. The molecule has 4 aromatic rings. The Morgan fingerprint density at radius 1 is 0.964 bits per heavy atom. The van der Waals surface area contributed by atoms with Gasteiger partial charge >= 0.3 is 0 Å². The standard InChI is InChI=1S/C22H20N4OS/c1-14-24-18-8-5-15(12-21(18)28-14)20-13-23-17-7-6-16(11-19(17)25-20)22(27)26-9-3-2-4-10-26/h5-8,11-13H,2-4,9-10H2,1H3. The number of hydrogen-bond donors (Lipinski definition) is 0. The zero-order chi connectivity index (χ0) is 19.1. The van der Waals surface area contributed by atoms with Crippen LogP contribution in [0.2, 0.25) is 0 Å². The third-order valence-electron chi connectivity index (χ3n) is 5.22. The summed E-state index contributed by atoms with van der Waals surface area (Å²) in [6.07, 6.45) is 5.18. The van der Waals surface area contributed by atoms with Crippen molar-refractivity contribution < 1.29 is 4.79 Å². The van der Waals surface area contributed by atoms with Crippen molar-refractivity contribution in [3.8, 4) is 11.3 Å². The van der Waals surface area contributed by atoms with E-state index >= 15 is 0 Å². The van der Waals surface area contributed by atoms with E-state index in [1.807, 2.05) is 42.2 Å². The van der Waals surface area contributed by atoms with Crippen molar-refractivity contribution in [2.45, 2.75) is 26.2 Å². The molecule has 1 saturated heterocycles. The Kier molecular flexibility index (Phi) is 4.28. The summed E-state index contributed by atoms with van der Waals surface area (Å²) in [6.45, 7) is 3.70. The zero-order valence-corrected chi connectivity index (χ0v) is 16.5. The molecule has 0 aliphatic carbocycles. The number of thiazole rings is 1. The number of carbonyl (C=O) groups is 1. The quantitative estimate of drug-likeness (QED) is 0.493. The predicted molar refractivity (Wildman–Crippen MR) is 113 cm³/mol. The van der Waals surface area contributed by atoms with Gasteiger partial charge in [-0.2, -0.15) is 0 Å². The molecule has 1 aliphatic rings. The highest BCUT2D eigenvalue weighted by atomic mass is 32.1. The van der Waals surface area contributed by atoms with E-state index in [9.17, 15) is 4.79 Å². The lowest BCUT2D eigenvalue weighted by Gasteiger charge is -2.26. The summed E-state index contributed by atoms with van der Waals surface area (Å²) in [7, 11) is 0. The van der Waals surface area contributed by atoms with Gasteiger partial charge < -0.3 is 4.90 Å². The molecule has 6 heteroatoms. The number of fused-ring (bicyclic) bond motifs is 2. The van der Waals surface area contributed by atoms with Crippen LogP contribution in [0.25, 0.3) is 32.5 Å². The first-order valence-electron chi connectivity index (χ1n) is 9.61. The van der Waals surface area contributed by atoms with Crippen LogP contribution in [0.4, 0.5) is 0 Å². The van der Waals surface area contributed by atoms with Crippen molar-refractivity contribution in [2.24, 2.45) is 0 Å². The van der Waals surface area contributed by atoms with Crippen LogP contribution in [-0.2, 0) is 0 Å². The summed E-state index contributed by atoms with van der Waals surface area (Å²) in [5.41, 5.74) is 5.07. The molecule has 2 aromatic carbocycles. The second-order valence-corrected chi connectivity index (χ2v) is 8.46. The van der Waals surface area contributed by atoms with Gasteiger partial charge in [-0.15, -0.1) is 11.3 Å². The van der Waals surface area contributed by atoms with Gasteiger partial charge in [-0.25, -0.2) is 9.97 Å². The van der Waals surface area contributed by atoms with E-state index in [1.165, 1.54) is 6.42 Å². The first-order valence-corrected chi connectivity index (χ1v) is 10.4. The Morgan fingerprint density at radius 3 is 2.64 bits per heavy atom. The van der Waals surface area contributed by atoms with Crippen molar-refractivity contribution >= 4 is 38.5 Å². The monoisotopic (exact) mass is 388 g/mol. The molecule has 5 nitrogen and oxygen atoms in total. The topological polar surface area (TPSA) is 59.0 Å². The SMILES string of the molecule is Cc1nc2ccc(-c3cnc4ccc(C(=O)N5CCCCC5)cc4n3)cc2s1. The lowest BCUT2D eigenvalue weighted by atomic mass is 10.1. The number of likely N-dealkylation sites (tertiary alicyclic amines) is 1. The first kappa shape index (κ1) is 17.3. The maximum absolute atomic E-state index is 12.8. The van der Waals surface area contributed by atoms with Crippen molar-refractivity contribution in [2.75, 3.05) is 13.1 Å². The van der Waals surface area contributed by atoms with Gasteiger partial charge in [-0.3, -0.25) is 9.78 Å². The van der Waals surface area contributed by atoms with Crippen molar-refractivity contribution in [3.05, 3.63) is 53.2 Å². The Balaban J connectivity index is 1.52. The summed E-state index contributed by atoms with van der Waals surface area (Å²) >= 11 is 1.68. The molecular formula is C22H20N4OS. The van der Waals surface area contributed by atoms with Gasteiger partial charge in [0.25, 0.3) is 5.91 Å². The lowest BCUT2D eigenvalue weighted by molar-refractivity contribution is 0.0724. The molecule has 28 heavy (non-hydrogen) atoms. The Bertz CT molecular complexity index is 1190. The van der Waals surface area contributed by atoms with E-state index in [4.69, 9.17) is 4.98 Å². The number of piperidine rings is 1. The van der Waals surface area contributed by atoms with E-state index in [1.54, 1.807) is 17.5 Å². The van der Waals surface area contributed by atoms with Gasteiger partial charge in [-0.05, 0) is 56.5 Å². The Labute approximate surface area is 167 Å². The molecule has 0 bridgehead atoms. The fourth-order valence-electron chi connectivity index (χ4n) is 3.76. The molecule has 0 N–H and O–H groups in total. The van der Waals surface area contributed by atoms with Crippen LogP contribution in [0.3, 0.4) is 0 Å². The highest BCUT2D eigenvalue weighted by molar-refractivity contribution is 7.18. The van der Waals surface area contributed by atoms with Crippen molar-refractivity contribution in [3.63, 3.8) is 0 Å². The van der Waals surface area contributed by atoms with Crippen LogP contribution in [0.15, 0.2) is 42.6 Å². The van der Waals surface area contributed by atoms with Crippen LogP contribution >= 0.6 is 11.3 Å². The molecule has 1 aliphatic heterocycles. The number of benzene rings is 2. The maximum atomic E-state index is 12.8. The number of amides is 1. The smallest absolute Gasteiger partial charge is 0.253 e. The molecule has 0 saturated carbocycles. The summed E-state index contributed by atoms with van der Waals surface area (Å²) in [4.78, 5) is 28.6. The van der Waals surface area contributed by atoms with Gasteiger partial charge in [-0.1, -0.05) is 6.07 Å². The number of hydrogen-bond acceptors (Lipinski definition) is 5. The van der Waals surface area contributed by atoms with Crippen LogP contribution < -0.4 is 0 Å². The number of aromatic nitrogens is 3. The summed E-state index contributed by atoms with van der Waals surface area (Å²) < 4.78 is 1.14. The van der Waals surface area contributed by atoms with Crippen LogP contribution in [0.5, 0.6) is 0 Å². The first-order chi connectivity index (χ1) is 13.7. The fourth-order valence-corrected chi connectivity index (χ4v) is 4.63. The van der Waals surface area contributed by atoms with Gasteiger partial charge in [0, 0.05) is 24.2 Å². The highest BCUT2D eigenvalue weighted by Gasteiger charge is 2.18. The number of carbonyl (C=O) groups excluding carboxylic acids is 1. The molecule has 1 fully saturated rings. The molecule has 0 radical (unpaired) electrons. The lowest BCUT2D eigenvalue weighted by Crippen LogP contribution is -2.35. The molecular weight excluding hydrogens is 368 g/mol. The molecule has 1 amide bonds. The minimum Gasteiger partial charge on any atom is -0.339 e. The molecule has 0 atom stereocenters. The normalized spacial score (nSPS) is 14.7. The minimum absolute atomic E-state index is 0.0929. The van der Waals surface area contributed by atoms with Crippen molar-refractivity contribution in [1.29, 1.82) is 0 Å². The fraction of sp³-hybridized carbons (Fsp3) is 0.273. The average molecular weight is 388 g/mol. The molecule has 3 heterocycles. The van der Waals surface area contributed by atoms with Crippen LogP contribution in [-0.4, -0.2) is 38.8 Å². The van der Waals surface area contributed by atoms with E-state index in [0.29, 0.717) is 5.56 Å². The molecule has 2 aromatic heterocycles. The number of aryl methyl sites for hydroxylation is 1. The van der Waals surface area contributed by atoms with Crippen LogP contribution in [0.1, 0.15) is 34.6 Å². The van der Waals surface area contributed by atoms with Gasteiger partial charge in [0.05, 0.1) is 38.1 Å².